The molecule has 1 atom stereocenters. The van der Waals surface area contributed by atoms with Crippen molar-refractivity contribution in [3.8, 4) is 0 Å². The minimum absolute atomic E-state index is 0.347. The Morgan fingerprint density at radius 1 is 1.20 bits per heavy atom. The van der Waals surface area contributed by atoms with Gasteiger partial charge in [0.2, 0.25) is 0 Å². The predicted molar refractivity (Wildman–Crippen MR) is 90.1 cm³/mol. The van der Waals surface area contributed by atoms with E-state index in [9.17, 15) is 0 Å². The second-order valence-electron chi connectivity index (χ2n) is 6.51. The van der Waals surface area contributed by atoms with Crippen LogP contribution < -0.4 is 0 Å². The first-order valence-electron chi connectivity index (χ1n) is 8.34. The highest BCUT2D eigenvalue weighted by Gasteiger charge is 2.32. The molecule has 1 fully saturated rings. The van der Waals surface area contributed by atoms with E-state index in [0.717, 1.165) is 18.9 Å². The van der Waals surface area contributed by atoms with Crippen LogP contribution >= 0.6 is 0 Å². The quantitative estimate of drug-likeness (QED) is 0.725. The molecule has 0 spiro atoms. The molecule has 0 aromatic heterocycles. The Balaban J connectivity index is 0.000000956. The zero-order chi connectivity index (χ0) is 15.2. The minimum atomic E-state index is 0.347. The predicted octanol–water partition coefficient (Wildman–Crippen LogP) is 5.29. The molecule has 0 bridgehead atoms. The molecule has 0 saturated carbocycles. The fourth-order valence-corrected chi connectivity index (χ4v) is 3.22. The highest BCUT2D eigenvalue weighted by molar-refractivity contribution is 5.23. The molecule has 1 saturated heterocycles. The number of hydrogen-bond acceptors (Lipinski definition) is 1. The van der Waals surface area contributed by atoms with E-state index in [-0.39, 0.29) is 0 Å². The van der Waals surface area contributed by atoms with E-state index >= 15 is 0 Å². The molecule has 1 nitrogen and oxygen atoms in total. The number of rotatable bonds is 3. The van der Waals surface area contributed by atoms with Crippen molar-refractivity contribution < 1.29 is 0 Å². The van der Waals surface area contributed by atoms with Crippen molar-refractivity contribution in [2.45, 2.75) is 72.9 Å². The molecule has 1 unspecified atom stereocenters. The van der Waals surface area contributed by atoms with Gasteiger partial charge in [-0.15, -0.1) is 0 Å². The van der Waals surface area contributed by atoms with E-state index in [1.165, 1.54) is 30.5 Å². The van der Waals surface area contributed by atoms with Crippen molar-refractivity contribution in [3.05, 3.63) is 35.4 Å². The van der Waals surface area contributed by atoms with Crippen molar-refractivity contribution in [1.82, 2.24) is 4.90 Å². The second kappa shape index (κ2) is 7.83. The molecule has 1 aromatic carbocycles. The standard InChI is InChI=1S/C17H27N.C2H6/c1-5-15-7-6-8-16(11-15)13-18-10-9-14(2)12-17(18,3)4;1-2/h6-8,11,14H,5,9-10,12-13H2,1-4H3;1-2H3. The molecule has 1 heterocycles. The second-order valence-corrected chi connectivity index (χ2v) is 6.51. The summed E-state index contributed by atoms with van der Waals surface area (Å²) in [6.45, 7) is 15.7. The lowest BCUT2D eigenvalue weighted by atomic mass is 9.83. The lowest BCUT2D eigenvalue weighted by Crippen LogP contribution is -2.48. The van der Waals surface area contributed by atoms with Gasteiger partial charge in [-0.2, -0.15) is 0 Å². The van der Waals surface area contributed by atoms with Crippen LogP contribution in [0.5, 0.6) is 0 Å². The van der Waals surface area contributed by atoms with Crippen molar-refractivity contribution in [1.29, 1.82) is 0 Å². The topological polar surface area (TPSA) is 3.24 Å². The third kappa shape index (κ3) is 4.63. The molecular weight excluding hydrogens is 242 g/mol. The summed E-state index contributed by atoms with van der Waals surface area (Å²) in [7, 11) is 0. The zero-order valence-electron chi connectivity index (χ0n) is 14.4. The van der Waals surface area contributed by atoms with Gasteiger partial charge in [0.05, 0.1) is 0 Å². The third-order valence-corrected chi connectivity index (χ3v) is 4.37. The molecule has 0 N–H and O–H groups in total. The Labute approximate surface area is 126 Å². The Bertz CT molecular complexity index is 395. The van der Waals surface area contributed by atoms with Gasteiger partial charge in [-0.1, -0.05) is 52.0 Å². The van der Waals surface area contributed by atoms with Gasteiger partial charge in [0, 0.05) is 12.1 Å². The molecule has 20 heavy (non-hydrogen) atoms. The van der Waals surface area contributed by atoms with Crippen molar-refractivity contribution in [2.24, 2.45) is 5.92 Å². The number of benzene rings is 1. The van der Waals surface area contributed by atoms with Gasteiger partial charge in [-0.25, -0.2) is 0 Å². The van der Waals surface area contributed by atoms with Crippen LogP contribution in [0.3, 0.4) is 0 Å². The lowest BCUT2D eigenvalue weighted by Gasteiger charge is -2.45. The van der Waals surface area contributed by atoms with Gasteiger partial charge in [0.15, 0.2) is 0 Å². The van der Waals surface area contributed by atoms with Crippen molar-refractivity contribution >= 4 is 0 Å². The molecule has 1 heteroatoms. The summed E-state index contributed by atoms with van der Waals surface area (Å²) in [6.07, 6.45) is 3.80. The fraction of sp³-hybridized carbons (Fsp3) is 0.684. The largest absolute Gasteiger partial charge is 0.294 e. The maximum atomic E-state index is 2.65. The molecule has 0 radical (unpaired) electrons. The summed E-state index contributed by atoms with van der Waals surface area (Å²) < 4.78 is 0. The molecule has 0 amide bonds. The summed E-state index contributed by atoms with van der Waals surface area (Å²) in [5.41, 5.74) is 3.27. The lowest BCUT2D eigenvalue weighted by molar-refractivity contribution is 0.0444. The van der Waals surface area contributed by atoms with E-state index in [1.54, 1.807) is 0 Å². The van der Waals surface area contributed by atoms with Gasteiger partial charge >= 0.3 is 0 Å². The Hall–Kier alpha value is -0.820. The van der Waals surface area contributed by atoms with Crippen molar-refractivity contribution in [2.75, 3.05) is 6.54 Å². The van der Waals surface area contributed by atoms with Crippen LogP contribution in [0.4, 0.5) is 0 Å². The zero-order valence-corrected chi connectivity index (χ0v) is 14.4. The van der Waals surface area contributed by atoms with Crippen LogP contribution in [0.15, 0.2) is 24.3 Å². The monoisotopic (exact) mass is 275 g/mol. The molecule has 1 aliphatic rings. The Kier molecular flexibility index (Phi) is 6.75. The van der Waals surface area contributed by atoms with Crippen LogP contribution in [-0.4, -0.2) is 17.0 Å². The van der Waals surface area contributed by atoms with E-state index in [1.807, 2.05) is 13.8 Å². The number of hydrogen-bond donors (Lipinski definition) is 0. The smallest absolute Gasteiger partial charge is 0.0239 e. The maximum Gasteiger partial charge on any atom is 0.0239 e. The highest BCUT2D eigenvalue weighted by atomic mass is 15.2. The van der Waals surface area contributed by atoms with Crippen LogP contribution in [0.25, 0.3) is 0 Å². The van der Waals surface area contributed by atoms with Crippen molar-refractivity contribution in [3.63, 3.8) is 0 Å². The van der Waals surface area contributed by atoms with E-state index in [2.05, 4.69) is 56.9 Å². The number of likely N-dealkylation sites (tertiary alicyclic amines) is 1. The molecule has 1 aliphatic heterocycles. The highest BCUT2D eigenvalue weighted by Crippen LogP contribution is 2.32. The molecule has 114 valence electrons. The average Bonchev–Trinajstić information content (AvgIpc) is 2.44. The van der Waals surface area contributed by atoms with Crippen LogP contribution in [0.1, 0.15) is 65.5 Å². The summed E-state index contributed by atoms with van der Waals surface area (Å²) in [6, 6.07) is 9.07. The molecule has 2 rings (SSSR count). The first-order valence-corrected chi connectivity index (χ1v) is 8.34. The maximum absolute atomic E-state index is 2.65. The van der Waals surface area contributed by atoms with Gasteiger partial charge < -0.3 is 0 Å². The summed E-state index contributed by atoms with van der Waals surface area (Å²) in [5.74, 6) is 0.873. The first kappa shape index (κ1) is 17.2. The Morgan fingerprint density at radius 3 is 2.45 bits per heavy atom. The van der Waals surface area contributed by atoms with Crippen LogP contribution in [0.2, 0.25) is 0 Å². The van der Waals surface area contributed by atoms with Crippen LogP contribution in [-0.2, 0) is 13.0 Å². The third-order valence-electron chi connectivity index (χ3n) is 4.37. The number of aryl methyl sites for hydroxylation is 1. The SMILES string of the molecule is CC.CCc1cccc(CN2CCC(C)CC2(C)C)c1. The summed E-state index contributed by atoms with van der Waals surface area (Å²) >= 11 is 0. The van der Waals surface area contributed by atoms with Gasteiger partial charge in [-0.05, 0) is 56.7 Å². The minimum Gasteiger partial charge on any atom is -0.294 e. The van der Waals surface area contributed by atoms with Crippen LogP contribution in [0, 0.1) is 5.92 Å². The average molecular weight is 275 g/mol. The fourth-order valence-electron chi connectivity index (χ4n) is 3.22. The Morgan fingerprint density at radius 2 is 1.85 bits per heavy atom. The van der Waals surface area contributed by atoms with Gasteiger partial charge in [0.25, 0.3) is 0 Å². The molecular formula is C19H33N. The van der Waals surface area contributed by atoms with Gasteiger partial charge in [0.1, 0.15) is 0 Å². The van der Waals surface area contributed by atoms with E-state index in [0.29, 0.717) is 5.54 Å². The molecule has 1 aromatic rings. The molecule has 0 aliphatic carbocycles. The summed E-state index contributed by atoms with van der Waals surface area (Å²) in [4.78, 5) is 2.65. The summed E-state index contributed by atoms with van der Waals surface area (Å²) in [5, 5.41) is 0. The first-order chi connectivity index (χ1) is 9.51. The van der Waals surface area contributed by atoms with E-state index in [4.69, 9.17) is 0 Å². The van der Waals surface area contributed by atoms with E-state index < -0.39 is 0 Å². The number of piperidine rings is 1. The van der Waals surface area contributed by atoms with Gasteiger partial charge in [-0.3, -0.25) is 4.90 Å². The normalized spacial score (nSPS) is 22.0. The number of nitrogens with zero attached hydrogens (tertiary/aromatic N) is 1.